The first-order chi connectivity index (χ1) is 5.86. The van der Waals surface area contributed by atoms with Gasteiger partial charge in [0, 0.05) is 0 Å². The number of hydrogen-bond acceptors (Lipinski definition) is 0. The van der Waals surface area contributed by atoms with Gasteiger partial charge in [0.25, 0.3) is 0 Å². The average molecular weight is 180 g/mol. The number of rotatable bonds is 5. The fourth-order valence-electron chi connectivity index (χ4n) is 1.22. The molecule has 2 atom stereocenters. The van der Waals surface area contributed by atoms with Crippen molar-refractivity contribution in [1.29, 1.82) is 0 Å². The van der Waals surface area contributed by atoms with Crippen molar-refractivity contribution in [2.75, 3.05) is 0 Å². The van der Waals surface area contributed by atoms with E-state index in [4.69, 9.17) is 0 Å². The molecule has 0 fully saturated rings. The van der Waals surface area contributed by atoms with Crippen LogP contribution >= 0.6 is 0 Å². The van der Waals surface area contributed by atoms with Crippen molar-refractivity contribution in [3.63, 3.8) is 0 Å². The first-order valence-electron chi connectivity index (χ1n) is 5.19. The average Bonchev–Trinajstić information content (AvgIpc) is 2.02. The van der Waals surface area contributed by atoms with Gasteiger partial charge in [0.15, 0.2) is 0 Å². The molecule has 0 aliphatic carbocycles. The third-order valence-corrected chi connectivity index (χ3v) is 3.05. The Morgan fingerprint density at radius 3 is 1.85 bits per heavy atom. The lowest BCUT2D eigenvalue weighted by Crippen LogP contribution is -2.09. The van der Waals surface area contributed by atoms with Gasteiger partial charge in [-0.15, -0.1) is 0 Å². The summed E-state index contributed by atoms with van der Waals surface area (Å²) in [5.74, 6) is 1.90. The zero-order valence-corrected chi connectivity index (χ0v) is 9.85. The van der Waals surface area contributed by atoms with Crippen molar-refractivity contribution in [2.24, 2.45) is 17.8 Å². The Kier molecular flexibility index (Phi) is 5.05. The smallest absolute Gasteiger partial charge is 0.0200 e. The molecule has 0 aromatic rings. The monoisotopic (exact) mass is 180 g/mol. The Morgan fingerprint density at radius 2 is 1.54 bits per heavy atom. The van der Waals surface area contributed by atoms with Crippen LogP contribution in [-0.2, 0) is 0 Å². The maximum absolute atomic E-state index is 4.16. The van der Waals surface area contributed by atoms with Crippen LogP contribution in [0.25, 0.3) is 0 Å². The van der Waals surface area contributed by atoms with E-state index in [9.17, 15) is 0 Å². The van der Waals surface area contributed by atoms with E-state index in [1.807, 2.05) is 0 Å². The molecule has 0 aliphatic rings. The summed E-state index contributed by atoms with van der Waals surface area (Å²) in [6.07, 6.45) is 1.09. The first-order valence-corrected chi connectivity index (χ1v) is 5.19. The molecule has 0 amide bonds. The third kappa shape index (κ3) is 4.31. The molecule has 13 heavy (non-hydrogen) atoms. The highest BCUT2D eigenvalue weighted by atomic mass is 14.2. The van der Waals surface area contributed by atoms with E-state index >= 15 is 0 Å². The molecule has 0 bridgehead atoms. The Balaban J connectivity index is 4.08. The molecule has 0 nitrogen and oxygen atoms in total. The van der Waals surface area contributed by atoms with Gasteiger partial charge < -0.3 is 0 Å². The van der Waals surface area contributed by atoms with Crippen LogP contribution in [-0.4, -0.2) is 0 Å². The number of hydrogen-bond donors (Lipinski definition) is 0. The van der Waals surface area contributed by atoms with Crippen molar-refractivity contribution in [2.45, 2.75) is 41.0 Å². The molecule has 0 aliphatic heterocycles. The Hall–Kier alpha value is -0.520. The van der Waals surface area contributed by atoms with E-state index < -0.39 is 0 Å². The molecule has 0 heterocycles. The number of allylic oxidation sites excluding steroid dienone is 2. The van der Waals surface area contributed by atoms with E-state index in [2.05, 4.69) is 47.8 Å². The highest BCUT2D eigenvalue weighted by molar-refractivity contribution is 5.07. The summed E-state index contributed by atoms with van der Waals surface area (Å²) in [7, 11) is 0. The molecule has 0 rings (SSSR count). The van der Waals surface area contributed by atoms with Crippen molar-refractivity contribution in [3.05, 3.63) is 24.3 Å². The molecule has 0 saturated heterocycles. The minimum atomic E-state index is 0.577. The predicted molar refractivity (Wildman–Crippen MR) is 61.7 cm³/mol. The molecule has 1 unspecified atom stereocenters. The fourth-order valence-corrected chi connectivity index (χ4v) is 1.22. The van der Waals surface area contributed by atoms with E-state index in [0.717, 1.165) is 6.42 Å². The van der Waals surface area contributed by atoms with Crippen molar-refractivity contribution in [3.8, 4) is 0 Å². The van der Waals surface area contributed by atoms with Crippen molar-refractivity contribution < 1.29 is 0 Å². The highest BCUT2D eigenvalue weighted by Gasteiger charge is 2.13. The van der Waals surface area contributed by atoms with Crippen LogP contribution in [0.2, 0.25) is 0 Å². The maximum atomic E-state index is 4.16. The van der Waals surface area contributed by atoms with Crippen LogP contribution in [0.5, 0.6) is 0 Å². The van der Waals surface area contributed by atoms with Crippen molar-refractivity contribution in [1.82, 2.24) is 0 Å². The molecule has 0 spiro atoms. The molecular weight excluding hydrogens is 156 g/mol. The molecule has 76 valence electrons. The Labute approximate surface area is 83.7 Å². The summed E-state index contributed by atoms with van der Waals surface area (Å²) >= 11 is 0. The standard InChI is InChI=1S/C13H24/c1-9(2)11(5)8-12(6)13(7)10(3)4/h10-11,13H,1,6,8H2,2-5,7H3/t11?,13-/m0/s1. The van der Waals surface area contributed by atoms with E-state index in [1.165, 1.54) is 11.1 Å². The first kappa shape index (κ1) is 12.5. The molecule has 0 heteroatoms. The van der Waals surface area contributed by atoms with Crippen LogP contribution in [0, 0.1) is 17.8 Å². The lowest BCUT2D eigenvalue weighted by Gasteiger charge is -2.21. The Bertz CT molecular complexity index is 186. The van der Waals surface area contributed by atoms with Crippen LogP contribution in [0.15, 0.2) is 24.3 Å². The van der Waals surface area contributed by atoms with Gasteiger partial charge in [0.2, 0.25) is 0 Å². The summed E-state index contributed by atoms with van der Waals surface area (Å²) in [5, 5.41) is 0. The van der Waals surface area contributed by atoms with Crippen molar-refractivity contribution >= 4 is 0 Å². The topological polar surface area (TPSA) is 0 Å². The van der Waals surface area contributed by atoms with Gasteiger partial charge in [0.05, 0.1) is 0 Å². The minimum absolute atomic E-state index is 0.577. The third-order valence-electron chi connectivity index (χ3n) is 3.05. The molecule has 0 saturated carbocycles. The second kappa shape index (κ2) is 5.26. The molecular formula is C13H24. The summed E-state index contributed by atoms with van der Waals surface area (Å²) in [6, 6.07) is 0. The molecule has 0 radical (unpaired) electrons. The second-order valence-corrected chi connectivity index (χ2v) is 4.64. The summed E-state index contributed by atoms with van der Waals surface area (Å²) < 4.78 is 0. The van der Waals surface area contributed by atoms with Crippen LogP contribution in [0.3, 0.4) is 0 Å². The molecule has 0 aromatic carbocycles. The van der Waals surface area contributed by atoms with Gasteiger partial charge in [0.1, 0.15) is 0 Å². The molecule has 0 N–H and O–H groups in total. The van der Waals surface area contributed by atoms with E-state index in [0.29, 0.717) is 17.8 Å². The van der Waals surface area contributed by atoms with Gasteiger partial charge in [-0.05, 0) is 31.1 Å². The minimum Gasteiger partial charge on any atom is -0.0999 e. The SMILES string of the molecule is C=C(C)C(C)CC(=C)[C@@H](C)C(C)C. The molecule has 0 aromatic heterocycles. The van der Waals surface area contributed by atoms with Gasteiger partial charge in [-0.3, -0.25) is 0 Å². The quantitative estimate of drug-likeness (QED) is 0.549. The van der Waals surface area contributed by atoms with Crippen LogP contribution < -0.4 is 0 Å². The van der Waals surface area contributed by atoms with Crippen LogP contribution in [0.1, 0.15) is 41.0 Å². The van der Waals surface area contributed by atoms with E-state index in [-0.39, 0.29) is 0 Å². The largest absolute Gasteiger partial charge is 0.0999 e. The normalized spacial score (nSPS) is 15.5. The van der Waals surface area contributed by atoms with Gasteiger partial charge in [-0.25, -0.2) is 0 Å². The Morgan fingerprint density at radius 1 is 1.08 bits per heavy atom. The highest BCUT2D eigenvalue weighted by Crippen LogP contribution is 2.26. The fraction of sp³-hybridized carbons (Fsp3) is 0.692. The lowest BCUT2D eigenvalue weighted by atomic mass is 9.84. The zero-order chi connectivity index (χ0) is 10.6. The maximum Gasteiger partial charge on any atom is -0.0200 e. The second-order valence-electron chi connectivity index (χ2n) is 4.64. The van der Waals surface area contributed by atoms with Gasteiger partial charge in [-0.1, -0.05) is 52.0 Å². The summed E-state index contributed by atoms with van der Waals surface area (Å²) in [4.78, 5) is 0. The zero-order valence-electron chi connectivity index (χ0n) is 9.85. The van der Waals surface area contributed by atoms with E-state index in [1.54, 1.807) is 0 Å². The van der Waals surface area contributed by atoms with Crippen LogP contribution in [0.4, 0.5) is 0 Å². The van der Waals surface area contributed by atoms with Gasteiger partial charge >= 0.3 is 0 Å². The summed E-state index contributed by atoms with van der Waals surface area (Å²) in [6.45, 7) is 19.2. The lowest BCUT2D eigenvalue weighted by molar-refractivity contribution is 0.454. The van der Waals surface area contributed by atoms with Gasteiger partial charge in [-0.2, -0.15) is 0 Å². The summed E-state index contributed by atoms with van der Waals surface area (Å²) in [5.41, 5.74) is 2.63. The predicted octanol–water partition coefficient (Wildman–Crippen LogP) is 4.44.